The molecule has 1 aromatic carbocycles. The molecule has 20 heavy (non-hydrogen) atoms. The minimum atomic E-state index is -0.411. The number of nitrogens with zero attached hydrogens (tertiary/aromatic N) is 1. The van der Waals surface area contributed by atoms with Crippen LogP contribution >= 0.6 is 0 Å². The first-order chi connectivity index (χ1) is 9.65. The first-order valence-corrected chi connectivity index (χ1v) is 6.88. The van der Waals surface area contributed by atoms with Crippen LogP contribution in [0.1, 0.15) is 25.3 Å². The van der Waals surface area contributed by atoms with E-state index in [4.69, 9.17) is 9.47 Å². The highest BCUT2D eigenvalue weighted by Gasteiger charge is 2.27. The second-order valence-electron chi connectivity index (χ2n) is 4.82. The molecule has 1 aromatic rings. The van der Waals surface area contributed by atoms with Crippen LogP contribution in [0.4, 0.5) is 4.39 Å². The number of hydrogen-bond donors (Lipinski definition) is 0. The van der Waals surface area contributed by atoms with Gasteiger partial charge < -0.3 is 14.4 Å². The van der Waals surface area contributed by atoms with Crippen LogP contribution in [0, 0.1) is 5.82 Å². The van der Waals surface area contributed by atoms with Gasteiger partial charge >= 0.3 is 0 Å². The third kappa shape index (κ3) is 3.28. The fraction of sp³-hybridized carbons (Fsp3) is 0.533. The first kappa shape index (κ1) is 14.8. The van der Waals surface area contributed by atoms with Crippen molar-refractivity contribution in [3.63, 3.8) is 0 Å². The summed E-state index contributed by atoms with van der Waals surface area (Å²) in [4.78, 5) is 14.0. The van der Waals surface area contributed by atoms with Gasteiger partial charge in [-0.1, -0.05) is 6.07 Å². The molecule has 1 heterocycles. The molecule has 1 fully saturated rings. The van der Waals surface area contributed by atoms with Crippen molar-refractivity contribution >= 4 is 5.91 Å². The molecule has 0 bridgehead atoms. The molecule has 0 radical (unpaired) electrons. The third-order valence-corrected chi connectivity index (χ3v) is 3.49. The van der Waals surface area contributed by atoms with Crippen LogP contribution in [0.5, 0.6) is 5.75 Å². The Hall–Kier alpha value is -1.62. The topological polar surface area (TPSA) is 38.8 Å². The molecular weight excluding hydrogens is 261 g/mol. The van der Waals surface area contributed by atoms with Crippen molar-refractivity contribution in [2.75, 3.05) is 20.3 Å². The van der Waals surface area contributed by atoms with Crippen LogP contribution in [0.25, 0.3) is 0 Å². The summed E-state index contributed by atoms with van der Waals surface area (Å²) in [7, 11) is 1.43. The summed E-state index contributed by atoms with van der Waals surface area (Å²) in [5, 5.41) is 0. The van der Waals surface area contributed by atoms with Crippen molar-refractivity contribution in [3.8, 4) is 5.75 Å². The van der Waals surface area contributed by atoms with Gasteiger partial charge in [0.15, 0.2) is 11.6 Å². The second-order valence-corrected chi connectivity index (χ2v) is 4.82. The average molecular weight is 281 g/mol. The Morgan fingerprint density at radius 1 is 1.55 bits per heavy atom. The molecule has 0 aliphatic carbocycles. The average Bonchev–Trinajstić information content (AvgIpc) is 2.98. The van der Waals surface area contributed by atoms with Gasteiger partial charge in [0, 0.05) is 19.7 Å². The summed E-state index contributed by atoms with van der Waals surface area (Å²) in [5.41, 5.74) is 0.747. The monoisotopic (exact) mass is 281 g/mol. The lowest BCUT2D eigenvalue weighted by Gasteiger charge is -2.24. The van der Waals surface area contributed by atoms with Crippen LogP contribution in [0.3, 0.4) is 0 Å². The fourth-order valence-corrected chi connectivity index (χ4v) is 2.35. The van der Waals surface area contributed by atoms with Crippen LogP contribution in [0.2, 0.25) is 0 Å². The lowest BCUT2D eigenvalue weighted by Crippen LogP contribution is -2.38. The highest BCUT2D eigenvalue weighted by atomic mass is 19.1. The van der Waals surface area contributed by atoms with E-state index in [-0.39, 0.29) is 17.8 Å². The van der Waals surface area contributed by atoms with Crippen molar-refractivity contribution in [2.24, 2.45) is 0 Å². The molecule has 1 aliphatic rings. The Balaban J connectivity index is 2.05. The van der Waals surface area contributed by atoms with Gasteiger partial charge in [0.2, 0.25) is 0 Å². The van der Waals surface area contributed by atoms with Gasteiger partial charge in [-0.2, -0.15) is 0 Å². The summed E-state index contributed by atoms with van der Waals surface area (Å²) >= 11 is 0. The Morgan fingerprint density at radius 3 is 2.90 bits per heavy atom. The molecule has 5 heteroatoms. The van der Waals surface area contributed by atoms with E-state index in [0.29, 0.717) is 19.7 Å². The quantitative estimate of drug-likeness (QED) is 0.831. The van der Waals surface area contributed by atoms with E-state index in [9.17, 15) is 9.18 Å². The summed E-state index contributed by atoms with van der Waals surface area (Å²) in [6.45, 7) is 3.51. The number of likely N-dealkylation sites (N-methyl/N-ethyl adjacent to an activating group) is 1. The van der Waals surface area contributed by atoms with Crippen LogP contribution in [-0.2, 0) is 16.1 Å². The van der Waals surface area contributed by atoms with Gasteiger partial charge in [0.05, 0.1) is 7.11 Å². The smallest absolute Gasteiger partial charge is 0.251 e. The number of rotatable bonds is 5. The maximum Gasteiger partial charge on any atom is 0.251 e. The number of ether oxygens (including phenoxy) is 2. The van der Waals surface area contributed by atoms with E-state index in [1.165, 1.54) is 13.2 Å². The second kappa shape index (κ2) is 6.70. The van der Waals surface area contributed by atoms with Crippen LogP contribution in [-0.4, -0.2) is 37.2 Å². The number of benzene rings is 1. The number of methoxy groups -OCH3 is 1. The summed E-state index contributed by atoms with van der Waals surface area (Å²) < 4.78 is 23.9. The van der Waals surface area contributed by atoms with Gasteiger partial charge in [0.1, 0.15) is 6.10 Å². The number of carbonyl (C=O) groups is 1. The predicted octanol–water partition coefficient (Wildman–Crippen LogP) is 2.36. The van der Waals surface area contributed by atoms with E-state index in [0.717, 1.165) is 18.4 Å². The minimum absolute atomic E-state index is 0.0128. The normalized spacial score (nSPS) is 18.1. The highest BCUT2D eigenvalue weighted by molar-refractivity contribution is 5.81. The molecule has 0 spiro atoms. The van der Waals surface area contributed by atoms with E-state index in [1.807, 2.05) is 6.92 Å². The van der Waals surface area contributed by atoms with E-state index >= 15 is 0 Å². The SMILES string of the molecule is CCN(Cc1ccc(OC)c(F)c1)C(=O)[C@H]1CCCO1. The van der Waals surface area contributed by atoms with Gasteiger partial charge in [-0.3, -0.25) is 4.79 Å². The van der Waals surface area contributed by atoms with Crippen molar-refractivity contribution in [1.82, 2.24) is 4.90 Å². The molecule has 0 unspecified atom stereocenters. The number of amides is 1. The molecule has 2 rings (SSSR count). The van der Waals surface area contributed by atoms with E-state index in [1.54, 1.807) is 17.0 Å². The molecule has 1 aliphatic heterocycles. The van der Waals surface area contributed by atoms with Crippen LogP contribution in [0.15, 0.2) is 18.2 Å². The summed E-state index contributed by atoms with van der Waals surface area (Å²) in [6, 6.07) is 4.76. The molecule has 0 N–H and O–H groups in total. The van der Waals surface area contributed by atoms with Gasteiger partial charge in [-0.15, -0.1) is 0 Å². The Kier molecular flexibility index (Phi) is 4.95. The zero-order valence-corrected chi connectivity index (χ0v) is 11.9. The number of carbonyl (C=O) groups excluding carboxylic acids is 1. The maximum atomic E-state index is 13.7. The zero-order valence-electron chi connectivity index (χ0n) is 11.9. The lowest BCUT2D eigenvalue weighted by molar-refractivity contribution is -0.141. The van der Waals surface area contributed by atoms with Crippen molar-refractivity contribution in [3.05, 3.63) is 29.6 Å². The zero-order chi connectivity index (χ0) is 14.5. The van der Waals surface area contributed by atoms with E-state index < -0.39 is 5.82 Å². The number of halogens is 1. The Labute approximate surface area is 118 Å². The molecular formula is C15H20FNO3. The van der Waals surface area contributed by atoms with Gasteiger partial charge in [0.25, 0.3) is 5.91 Å². The molecule has 110 valence electrons. The minimum Gasteiger partial charge on any atom is -0.494 e. The van der Waals surface area contributed by atoms with Crippen LogP contribution < -0.4 is 4.74 Å². The largest absolute Gasteiger partial charge is 0.494 e. The Bertz CT molecular complexity index is 472. The highest BCUT2D eigenvalue weighted by Crippen LogP contribution is 2.20. The van der Waals surface area contributed by atoms with Crippen molar-refractivity contribution < 1.29 is 18.7 Å². The first-order valence-electron chi connectivity index (χ1n) is 6.88. The molecule has 1 amide bonds. The van der Waals surface area contributed by atoms with Gasteiger partial charge in [-0.25, -0.2) is 4.39 Å². The molecule has 0 aromatic heterocycles. The van der Waals surface area contributed by atoms with Crippen molar-refractivity contribution in [2.45, 2.75) is 32.4 Å². The molecule has 0 saturated carbocycles. The lowest BCUT2D eigenvalue weighted by atomic mass is 10.1. The van der Waals surface area contributed by atoms with Gasteiger partial charge in [-0.05, 0) is 37.5 Å². The number of hydrogen-bond acceptors (Lipinski definition) is 3. The fourth-order valence-electron chi connectivity index (χ4n) is 2.35. The summed E-state index contributed by atoms with van der Waals surface area (Å²) in [5.74, 6) is -0.214. The molecule has 1 atom stereocenters. The Morgan fingerprint density at radius 2 is 2.35 bits per heavy atom. The molecule has 4 nitrogen and oxygen atoms in total. The maximum absolute atomic E-state index is 13.7. The van der Waals surface area contributed by atoms with Crippen molar-refractivity contribution in [1.29, 1.82) is 0 Å². The summed E-state index contributed by atoms with van der Waals surface area (Å²) in [6.07, 6.45) is 1.36. The third-order valence-electron chi connectivity index (χ3n) is 3.49. The predicted molar refractivity (Wildman–Crippen MR) is 73.0 cm³/mol. The molecule has 1 saturated heterocycles. The standard InChI is InChI=1S/C15H20FNO3/c1-3-17(15(18)14-5-4-8-20-14)10-11-6-7-13(19-2)12(16)9-11/h6-7,9,14H,3-5,8,10H2,1-2H3/t14-/m1/s1. The van der Waals surface area contributed by atoms with E-state index in [2.05, 4.69) is 0 Å².